The highest BCUT2D eigenvalue weighted by molar-refractivity contribution is 5.34. The third-order valence-electron chi connectivity index (χ3n) is 3.66. The Morgan fingerprint density at radius 3 is 2.88 bits per heavy atom. The van der Waals surface area contributed by atoms with Crippen LogP contribution in [0.4, 0.5) is 0 Å². The number of fused-ring (bicyclic) bond motifs is 1. The lowest BCUT2D eigenvalue weighted by Crippen LogP contribution is -2.30. The molecule has 0 aromatic heterocycles. The third kappa shape index (κ3) is 2.88. The fourth-order valence-corrected chi connectivity index (χ4v) is 2.90. The van der Waals surface area contributed by atoms with E-state index in [1.807, 2.05) is 0 Å². The summed E-state index contributed by atoms with van der Waals surface area (Å²) >= 11 is 0. The van der Waals surface area contributed by atoms with Crippen molar-refractivity contribution in [3.05, 3.63) is 35.4 Å². The molecule has 0 heterocycles. The SMILES string of the molecule is CCCN(CCCO)C1CCc2ccccc21. The largest absolute Gasteiger partial charge is 0.396 e. The van der Waals surface area contributed by atoms with Crippen molar-refractivity contribution in [1.82, 2.24) is 4.90 Å². The van der Waals surface area contributed by atoms with Gasteiger partial charge in [0.15, 0.2) is 0 Å². The first-order valence-corrected chi connectivity index (χ1v) is 6.79. The van der Waals surface area contributed by atoms with E-state index in [4.69, 9.17) is 5.11 Å². The van der Waals surface area contributed by atoms with Gasteiger partial charge in [-0.1, -0.05) is 31.2 Å². The molecule has 17 heavy (non-hydrogen) atoms. The number of aryl methyl sites for hydroxylation is 1. The number of benzene rings is 1. The molecule has 1 atom stereocenters. The maximum atomic E-state index is 8.99. The minimum absolute atomic E-state index is 0.300. The highest BCUT2D eigenvalue weighted by atomic mass is 16.3. The lowest BCUT2D eigenvalue weighted by atomic mass is 10.1. The number of rotatable bonds is 6. The minimum Gasteiger partial charge on any atom is -0.396 e. The van der Waals surface area contributed by atoms with Crippen molar-refractivity contribution < 1.29 is 5.11 Å². The molecule has 2 rings (SSSR count). The van der Waals surface area contributed by atoms with Crippen LogP contribution in [0.5, 0.6) is 0 Å². The van der Waals surface area contributed by atoms with Crippen molar-refractivity contribution in [2.24, 2.45) is 0 Å². The zero-order valence-electron chi connectivity index (χ0n) is 10.7. The lowest BCUT2D eigenvalue weighted by molar-refractivity contribution is 0.173. The van der Waals surface area contributed by atoms with Crippen LogP contribution in [-0.4, -0.2) is 29.7 Å². The van der Waals surface area contributed by atoms with Gasteiger partial charge in [-0.05, 0) is 43.4 Å². The monoisotopic (exact) mass is 233 g/mol. The first-order valence-electron chi connectivity index (χ1n) is 6.79. The van der Waals surface area contributed by atoms with Crippen LogP contribution in [0.15, 0.2) is 24.3 Å². The van der Waals surface area contributed by atoms with Gasteiger partial charge in [0.25, 0.3) is 0 Å². The summed E-state index contributed by atoms with van der Waals surface area (Å²) in [6.45, 7) is 4.68. The fourth-order valence-electron chi connectivity index (χ4n) is 2.90. The minimum atomic E-state index is 0.300. The van der Waals surface area contributed by atoms with Crippen LogP contribution in [-0.2, 0) is 6.42 Å². The van der Waals surface area contributed by atoms with Crippen LogP contribution in [0.3, 0.4) is 0 Å². The molecule has 1 aliphatic carbocycles. The number of aliphatic hydroxyl groups is 1. The molecule has 0 radical (unpaired) electrons. The number of hydrogen-bond donors (Lipinski definition) is 1. The van der Waals surface area contributed by atoms with E-state index in [1.165, 1.54) is 30.4 Å². The lowest BCUT2D eigenvalue weighted by Gasteiger charge is -2.29. The van der Waals surface area contributed by atoms with Gasteiger partial charge in [-0.2, -0.15) is 0 Å². The van der Waals surface area contributed by atoms with Gasteiger partial charge in [-0.15, -0.1) is 0 Å². The van der Waals surface area contributed by atoms with Crippen molar-refractivity contribution in [3.63, 3.8) is 0 Å². The second-order valence-corrected chi connectivity index (χ2v) is 4.87. The van der Waals surface area contributed by atoms with Crippen LogP contribution < -0.4 is 0 Å². The highest BCUT2D eigenvalue weighted by Gasteiger charge is 2.26. The molecule has 2 heteroatoms. The summed E-state index contributed by atoms with van der Waals surface area (Å²) in [5, 5.41) is 8.99. The summed E-state index contributed by atoms with van der Waals surface area (Å²) in [6, 6.07) is 9.39. The molecule has 0 bridgehead atoms. The molecule has 2 nitrogen and oxygen atoms in total. The molecule has 0 saturated carbocycles. The van der Waals surface area contributed by atoms with Gasteiger partial charge in [0.1, 0.15) is 0 Å². The third-order valence-corrected chi connectivity index (χ3v) is 3.66. The summed E-state index contributed by atoms with van der Waals surface area (Å²) in [5.41, 5.74) is 3.03. The highest BCUT2D eigenvalue weighted by Crippen LogP contribution is 2.35. The maximum Gasteiger partial charge on any atom is 0.0443 e. The normalized spacial score (nSPS) is 18.6. The van der Waals surface area contributed by atoms with E-state index in [0.717, 1.165) is 19.5 Å². The van der Waals surface area contributed by atoms with E-state index >= 15 is 0 Å². The topological polar surface area (TPSA) is 23.5 Å². The Balaban J connectivity index is 2.09. The molecular weight excluding hydrogens is 210 g/mol. The van der Waals surface area contributed by atoms with E-state index < -0.39 is 0 Å². The Labute approximate surface area is 104 Å². The number of nitrogens with zero attached hydrogens (tertiary/aromatic N) is 1. The Morgan fingerprint density at radius 2 is 2.12 bits per heavy atom. The molecule has 1 aliphatic rings. The molecule has 1 aromatic rings. The smallest absolute Gasteiger partial charge is 0.0443 e. The van der Waals surface area contributed by atoms with E-state index in [-0.39, 0.29) is 0 Å². The summed E-state index contributed by atoms with van der Waals surface area (Å²) in [5.74, 6) is 0. The molecule has 0 spiro atoms. The molecule has 0 fully saturated rings. The summed E-state index contributed by atoms with van der Waals surface area (Å²) in [7, 11) is 0. The summed E-state index contributed by atoms with van der Waals surface area (Å²) in [4.78, 5) is 2.54. The van der Waals surface area contributed by atoms with E-state index in [9.17, 15) is 0 Å². The number of aliphatic hydroxyl groups excluding tert-OH is 1. The molecule has 0 aliphatic heterocycles. The zero-order valence-corrected chi connectivity index (χ0v) is 10.7. The van der Waals surface area contributed by atoms with Gasteiger partial charge < -0.3 is 5.11 Å². The molecule has 1 aromatic carbocycles. The summed E-state index contributed by atoms with van der Waals surface area (Å²) in [6.07, 6.45) is 4.52. The van der Waals surface area contributed by atoms with Gasteiger partial charge in [-0.25, -0.2) is 0 Å². The van der Waals surface area contributed by atoms with Crippen LogP contribution in [0.2, 0.25) is 0 Å². The Kier molecular flexibility index (Phi) is 4.57. The Bertz CT molecular complexity index is 351. The zero-order chi connectivity index (χ0) is 12.1. The second kappa shape index (κ2) is 6.18. The average Bonchev–Trinajstić information content (AvgIpc) is 2.78. The standard InChI is InChI=1S/C15H23NO/c1-2-10-16(11-5-12-17)15-9-8-13-6-3-4-7-14(13)15/h3-4,6-7,15,17H,2,5,8-12H2,1H3. The van der Waals surface area contributed by atoms with Crippen LogP contribution in [0, 0.1) is 0 Å². The predicted molar refractivity (Wildman–Crippen MR) is 71.1 cm³/mol. The van der Waals surface area contributed by atoms with Gasteiger partial charge in [0.05, 0.1) is 0 Å². The first kappa shape index (κ1) is 12.6. The van der Waals surface area contributed by atoms with Crippen LogP contribution in [0.1, 0.15) is 43.4 Å². The molecule has 0 amide bonds. The van der Waals surface area contributed by atoms with Crippen molar-refractivity contribution in [2.45, 2.75) is 38.6 Å². The first-order chi connectivity index (χ1) is 8.36. The quantitative estimate of drug-likeness (QED) is 0.816. The van der Waals surface area contributed by atoms with Gasteiger partial charge >= 0.3 is 0 Å². The van der Waals surface area contributed by atoms with Crippen molar-refractivity contribution in [1.29, 1.82) is 0 Å². The van der Waals surface area contributed by atoms with Crippen molar-refractivity contribution in [2.75, 3.05) is 19.7 Å². The molecule has 1 N–H and O–H groups in total. The van der Waals surface area contributed by atoms with Crippen LogP contribution >= 0.6 is 0 Å². The average molecular weight is 233 g/mol. The van der Waals surface area contributed by atoms with E-state index in [0.29, 0.717) is 12.6 Å². The van der Waals surface area contributed by atoms with Crippen LogP contribution in [0.25, 0.3) is 0 Å². The van der Waals surface area contributed by atoms with Gasteiger partial charge in [0.2, 0.25) is 0 Å². The van der Waals surface area contributed by atoms with Gasteiger partial charge in [0, 0.05) is 19.2 Å². The molecular formula is C15H23NO. The van der Waals surface area contributed by atoms with Gasteiger partial charge in [-0.3, -0.25) is 4.90 Å². The molecule has 1 unspecified atom stereocenters. The van der Waals surface area contributed by atoms with E-state index in [1.54, 1.807) is 0 Å². The Morgan fingerprint density at radius 1 is 1.29 bits per heavy atom. The number of hydrogen-bond acceptors (Lipinski definition) is 2. The van der Waals surface area contributed by atoms with Crippen molar-refractivity contribution >= 4 is 0 Å². The van der Waals surface area contributed by atoms with Crippen molar-refractivity contribution in [3.8, 4) is 0 Å². The maximum absolute atomic E-state index is 8.99. The predicted octanol–water partition coefficient (Wildman–Crippen LogP) is 2.77. The summed E-state index contributed by atoms with van der Waals surface area (Å²) < 4.78 is 0. The van der Waals surface area contributed by atoms with E-state index in [2.05, 4.69) is 36.1 Å². The molecule has 94 valence electrons. The second-order valence-electron chi connectivity index (χ2n) is 4.87. The molecule has 0 saturated heterocycles. The Hall–Kier alpha value is -0.860. The fraction of sp³-hybridized carbons (Fsp3) is 0.600.